The van der Waals surface area contributed by atoms with Gasteiger partial charge in [0.2, 0.25) is 5.95 Å². The molecule has 124 valence electrons. The number of para-hydroxylation sites is 2. The molecule has 7 heteroatoms. The number of benzene rings is 2. The second-order valence-electron chi connectivity index (χ2n) is 5.58. The Bertz CT molecular complexity index is 1140. The van der Waals surface area contributed by atoms with Gasteiger partial charge in [-0.25, -0.2) is 15.2 Å². The molecule has 4 rings (SSSR count). The first-order valence-corrected chi connectivity index (χ1v) is 7.62. The van der Waals surface area contributed by atoms with E-state index in [9.17, 15) is 9.90 Å². The van der Waals surface area contributed by atoms with Crippen molar-refractivity contribution >= 4 is 34.2 Å². The number of hydrazone groups is 1. The Balaban J connectivity index is 1.66. The number of fused-ring (bicyclic) bond motifs is 2. The topological polar surface area (TPSA) is 104 Å². The van der Waals surface area contributed by atoms with Crippen LogP contribution in [0.4, 0.5) is 5.95 Å². The molecule has 0 aliphatic heterocycles. The third-order valence-electron chi connectivity index (χ3n) is 3.95. The lowest BCUT2D eigenvalue weighted by Crippen LogP contribution is -2.10. The normalized spacial score (nSPS) is 11.6. The summed E-state index contributed by atoms with van der Waals surface area (Å²) in [5.74, 6) is 0.522. The zero-order valence-electron chi connectivity index (χ0n) is 13.3. The molecule has 0 saturated heterocycles. The molecule has 2 heterocycles. The largest absolute Gasteiger partial charge is 0.508 e. The molecular formula is C18H14N4O3. The average molecular weight is 334 g/mol. The molecule has 3 N–H and O–H groups in total. The summed E-state index contributed by atoms with van der Waals surface area (Å²) in [4.78, 5) is 19.6. The van der Waals surface area contributed by atoms with Crippen LogP contribution in [0.15, 0.2) is 56.8 Å². The number of hydrogen-bond donors (Lipinski definition) is 3. The molecule has 0 atom stereocenters. The maximum absolute atomic E-state index is 12.2. The smallest absolute Gasteiger partial charge is 0.345 e. The van der Waals surface area contributed by atoms with Crippen molar-refractivity contribution in [3.8, 4) is 5.75 Å². The molecule has 2 aromatic heterocycles. The minimum Gasteiger partial charge on any atom is -0.508 e. The average Bonchev–Trinajstić information content (AvgIpc) is 3.00. The highest BCUT2D eigenvalue weighted by Crippen LogP contribution is 2.22. The van der Waals surface area contributed by atoms with E-state index < -0.39 is 5.63 Å². The van der Waals surface area contributed by atoms with Crippen molar-refractivity contribution in [1.82, 2.24) is 9.97 Å². The molecule has 25 heavy (non-hydrogen) atoms. The summed E-state index contributed by atoms with van der Waals surface area (Å²) in [7, 11) is 0. The first kappa shape index (κ1) is 14.9. The Kier molecular flexibility index (Phi) is 3.46. The van der Waals surface area contributed by atoms with Gasteiger partial charge in [0.05, 0.1) is 22.8 Å². The Morgan fingerprint density at radius 3 is 2.96 bits per heavy atom. The van der Waals surface area contributed by atoms with Gasteiger partial charge in [-0.15, -0.1) is 0 Å². The Hall–Kier alpha value is -3.61. The molecule has 0 aliphatic rings. The molecule has 0 amide bonds. The van der Waals surface area contributed by atoms with Crippen LogP contribution in [-0.2, 0) is 0 Å². The number of aromatic hydroxyl groups is 1. The number of imidazole rings is 1. The highest BCUT2D eigenvalue weighted by atomic mass is 16.4. The number of phenols is 1. The van der Waals surface area contributed by atoms with Gasteiger partial charge in [0, 0.05) is 11.5 Å². The summed E-state index contributed by atoms with van der Waals surface area (Å²) < 4.78 is 5.25. The third-order valence-corrected chi connectivity index (χ3v) is 3.95. The van der Waals surface area contributed by atoms with E-state index in [0.29, 0.717) is 17.1 Å². The van der Waals surface area contributed by atoms with Crippen molar-refractivity contribution in [3.05, 3.63) is 64.0 Å². The SMILES string of the molecule is Cc1c(/C=N/Nc2nc3ccccc3[nH]2)c(=O)oc2cc(O)ccc12. The first-order valence-electron chi connectivity index (χ1n) is 7.62. The first-order chi connectivity index (χ1) is 12.1. The molecule has 0 aliphatic carbocycles. The van der Waals surface area contributed by atoms with Gasteiger partial charge >= 0.3 is 5.63 Å². The maximum atomic E-state index is 12.2. The van der Waals surface area contributed by atoms with E-state index in [2.05, 4.69) is 20.5 Å². The second-order valence-corrected chi connectivity index (χ2v) is 5.58. The van der Waals surface area contributed by atoms with Gasteiger partial charge < -0.3 is 14.5 Å². The van der Waals surface area contributed by atoms with Crippen molar-refractivity contribution in [2.24, 2.45) is 5.10 Å². The van der Waals surface area contributed by atoms with Crippen LogP contribution < -0.4 is 11.1 Å². The van der Waals surface area contributed by atoms with Crippen LogP contribution >= 0.6 is 0 Å². The molecule has 0 fully saturated rings. The standard InChI is InChI=1S/C18H14N4O3/c1-10-12-7-6-11(23)8-16(12)25-17(24)13(10)9-19-22-18-20-14-4-2-3-5-15(14)21-18/h2-9,23H,1H3,(H2,20,21,22)/b19-9+. The summed E-state index contributed by atoms with van der Waals surface area (Å²) >= 11 is 0. The van der Waals surface area contributed by atoms with Crippen LogP contribution in [0.1, 0.15) is 11.1 Å². The zero-order chi connectivity index (χ0) is 17.4. The number of aromatic amines is 1. The summed E-state index contributed by atoms with van der Waals surface area (Å²) in [5, 5.41) is 14.3. The van der Waals surface area contributed by atoms with E-state index in [4.69, 9.17) is 4.42 Å². The lowest BCUT2D eigenvalue weighted by molar-refractivity contribution is 0.473. The number of nitrogens with zero attached hydrogens (tertiary/aromatic N) is 2. The van der Waals surface area contributed by atoms with Crippen LogP contribution in [0.5, 0.6) is 5.75 Å². The van der Waals surface area contributed by atoms with Crippen LogP contribution in [0.2, 0.25) is 0 Å². The monoisotopic (exact) mass is 334 g/mol. The molecular weight excluding hydrogens is 320 g/mol. The second kappa shape index (κ2) is 5.79. The highest BCUT2D eigenvalue weighted by Gasteiger charge is 2.10. The van der Waals surface area contributed by atoms with Gasteiger partial charge in [0.25, 0.3) is 0 Å². The zero-order valence-corrected chi connectivity index (χ0v) is 13.3. The highest BCUT2D eigenvalue weighted by molar-refractivity contribution is 5.91. The van der Waals surface area contributed by atoms with E-state index in [0.717, 1.165) is 22.0 Å². The molecule has 0 saturated carbocycles. The summed E-state index contributed by atoms with van der Waals surface area (Å²) in [6.07, 6.45) is 1.40. The number of aromatic nitrogens is 2. The number of anilines is 1. The number of phenolic OH excluding ortho intramolecular Hbond substituents is 1. The lowest BCUT2D eigenvalue weighted by atomic mass is 10.1. The summed E-state index contributed by atoms with van der Waals surface area (Å²) in [6, 6.07) is 12.3. The fourth-order valence-electron chi connectivity index (χ4n) is 2.67. The van der Waals surface area contributed by atoms with Crippen LogP contribution in [0.25, 0.3) is 22.0 Å². The number of nitrogens with one attached hydrogen (secondary N) is 2. The van der Waals surface area contributed by atoms with Crippen molar-refractivity contribution in [2.75, 3.05) is 5.43 Å². The lowest BCUT2D eigenvalue weighted by Gasteiger charge is -2.04. The van der Waals surface area contributed by atoms with E-state index >= 15 is 0 Å². The van der Waals surface area contributed by atoms with Crippen molar-refractivity contribution in [3.63, 3.8) is 0 Å². The Labute approximate surface area is 141 Å². The number of aryl methyl sites for hydroxylation is 1. The van der Waals surface area contributed by atoms with Gasteiger partial charge in [-0.05, 0) is 36.8 Å². The minimum atomic E-state index is -0.522. The van der Waals surface area contributed by atoms with Gasteiger partial charge in [-0.3, -0.25) is 0 Å². The predicted octanol–water partition coefficient (Wildman–Crippen LogP) is 3.13. The fraction of sp³-hybridized carbons (Fsp3) is 0.0556. The van der Waals surface area contributed by atoms with E-state index in [1.165, 1.54) is 12.3 Å². The molecule has 2 aromatic carbocycles. The molecule has 7 nitrogen and oxygen atoms in total. The fourth-order valence-corrected chi connectivity index (χ4v) is 2.67. The van der Waals surface area contributed by atoms with Crippen molar-refractivity contribution in [1.29, 1.82) is 0 Å². The van der Waals surface area contributed by atoms with Crippen LogP contribution in [0, 0.1) is 6.92 Å². The number of hydrogen-bond acceptors (Lipinski definition) is 6. The van der Waals surface area contributed by atoms with E-state index in [1.54, 1.807) is 19.1 Å². The number of rotatable bonds is 3. The minimum absolute atomic E-state index is 0.0445. The predicted molar refractivity (Wildman–Crippen MR) is 96.2 cm³/mol. The molecule has 0 bridgehead atoms. The summed E-state index contributed by atoms with van der Waals surface area (Å²) in [5.41, 5.74) is 5.36. The van der Waals surface area contributed by atoms with E-state index in [-0.39, 0.29) is 5.75 Å². The quantitative estimate of drug-likeness (QED) is 0.303. The molecule has 0 unspecified atom stereocenters. The van der Waals surface area contributed by atoms with Gasteiger partial charge in [0.1, 0.15) is 11.3 Å². The Morgan fingerprint density at radius 1 is 1.28 bits per heavy atom. The van der Waals surface area contributed by atoms with Crippen molar-refractivity contribution in [2.45, 2.75) is 6.92 Å². The molecule has 4 aromatic rings. The molecule has 0 radical (unpaired) electrons. The van der Waals surface area contributed by atoms with Crippen LogP contribution in [-0.4, -0.2) is 21.3 Å². The molecule has 0 spiro atoms. The van der Waals surface area contributed by atoms with Gasteiger partial charge in [-0.1, -0.05) is 12.1 Å². The van der Waals surface area contributed by atoms with Gasteiger partial charge in [-0.2, -0.15) is 5.10 Å². The Morgan fingerprint density at radius 2 is 2.12 bits per heavy atom. The maximum Gasteiger partial charge on any atom is 0.345 e. The number of H-pyrrole nitrogens is 1. The van der Waals surface area contributed by atoms with Crippen molar-refractivity contribution < 1.29 is 9.52 Å². The van der Waals surface area contributed by atoms with Crippen LogP contribution in [0.3, 0.4) is 0 Å². The van der Waals surface area contributed by atoms with Gasteiger partial charge in [0.15, 0.2) is 0 Å². The summed E-state index contributed by atoms with van der Waals surface area (Å²) in [6.45, 7) is 1.80. The third kappa shape index (κ3) is 2.72. The van der Waals surface area contributed by atoms with E-state index in [1.807, 2.05) is 24.3 Å².